The van der Waals surface area contributed by atoms with Crippen molar-refractivity contribution in [1.29, 1.82) is 0 Å². The number of rotatable bonds is 5. The Kier molecular flexibility index (Phi) is 5.15. The van der Waals surface area contributed by atoms with Crippen LogP contribution in [0.15, 0.2) is 40.9 Å². The first-order chi connectivity index (χ1) is 9.60. The molecule has 0 aliphatic heterocycles. The average molecular weight is 335 g/mol. The number of nitrogens with one attached hydrogen (secondary N) is 1. The van der Waals surface area contributed by atoms with E-state index in [0.717, 1.165) is 22.5 Å². The third-order valence-electron chi connectivity index (χ3n) is 2.91. The van der Waals surface area contributed by atoms with Gasteiger partial charge in [-0.1, -0.05) is 26.0 Å². The largest absolute Gasteiger partial charge is 0.438 e. The lowest BCUT2D eigenvalue weighted by molar-refractivity contribution is 0.455. The first-order valence-corrected chi connectivity index (χ1v) is 7.47. The van der Waals surface area contributed by atoms with Crippen molar-refractivity contribution in [2.75, 3.05) is 7.05 Å². The van der Waals surface area contributed by atoms with Gasteiger partial charge < -0.3 is 10.1 Å². The topological polar surface area (TPSA) is 34.1 Å². The van der Waals surface area contributed by atoms with E-state index in [4.69, 9.17) is 4.74 Å². The number of pyridine rings is 1. The fourth-order valence-corrected chi connectivity index (χ4v) is 2.24. The van der Waals surface area contributed by atoms with E-state index >= 15 is 0 Å². The third kappa shape index (κ3) is 3.81. The molecule has 1 aromatic carbocycles. The van der Waals surface area contributed by atoms with Crippen molar-refractivity contribution >= 4 is 15.9 Å². The average Bonchev–Trinajstić information content (AvgIpc) is 2.41. The highest BCUT2D eigenvalue weighted by atomic mass is 79.9. The summed E-state index contributed by atoms with van der Waals surface area (Å²) in [5.41, 5.74) is 2.22. The summed E-state index contributed by atoms with van der Waals surface area (Å²) in [7, 11) is 1.93. The summed E-state index contributed by atoms with van der Waals surface area (Å²) >= 11 is 3.49. The van der Waals surface area contributed by atoms with Gasteiger partial charge in [-0.15, -0.1) is 0 Å². The maximum atomic E-state index is 5.90. The minimum atomic E-state index is 0.369. The number of nitrogens with zero attached hydrogens (tertiary/aromatic N) is 1. The summed E-state index contributed by atoms with van der Waals surface area (Å²) in [6.45, 7) is 5.07. The molecular weight excluding hydrogens is 316 g/mol. The lowest BCUT2D eigenvalue weighted by Crippen LogP contribution is -2.07. The summed E-state index contributed by atoms with van der Waals surface area (Å²) in [6.07, 6.45) is 0. The standard InChI is InChI=1S/C16H19BrN2O/c1-11(2)14-8-12(10-18-3)9-16(19-14)20-15-7-5-4-6-13(15)17/h4-9,11,18H,10H2,1-3H3. The van der Waals surface area contributed by atoms with Gasteiger partial charge in [0.25, 0.3) is 0 Å². The third-order valence-corrected chi connectivity index (χ3v) is 3.56. The molecule has 4 heteroatoms. The van der Waals surface area contributed by atoms with Gasteiger partial charge in [0.05, 0.1) is 4.47 Å². The van der Waals surface area contributed by atoms with Gasteiger partial charge in [-0.05, 0) is 52.7 Å². The van der Waals surface area contributed by atoms with E-state index in [1.165, 1.54) is 5.56 Å². The van der Waals surface area contributed by atoms with Crippen LogP contribution in [-0.4, -0.2) is 12.0 Å². The summed E-state index contributed by atoms with van der Waals surface area (Å²) < 4.78 is 6.82. The van der Waals surface area contributed by atoms with E-state index in [9.17, 15) is 0 Å². The van der Waals surface area contributed by atoms with Gasteiger partial charge in [0.1, 0.15) is 5.75 Å². The molecule has 0 aliphatic rings. The molecule has 2 aromatic rings. The number of ether oxygens (including phenoxy) is 1. The minimum absolute atomic E-state index is 0.369. The first kappa shape index (κ1) is 15.0. The zero-order valence-corrected chi connectivity index (χ0v) is 13.6. The number of aromatic nitrogens is 1. The maximum Gasteiger partial charge on any atom is 0.219 e. The molecule has 0 atom stereocenters. The van der Waals surface area contributed by atoms with Crippen LogP contribution in [0.5, 0.6) is 11.6 Å². The number of hydrogen-bond donors (Lipinski definition) is 1. The zero-order chi connectivity index (χ0) is 14.5. The molecular formula is C16H19BrN2O. The monoisotopic (exact) mass is 334 g/mol. The summed E-state index contributed by atoms with van der Waals surface area (Å²) in [5, 5.41) is 3.16. The molecule has 0 spiro atoms. The van der Waals surface area contributed by atoms with Crippen molar-refractivity contribution in [1.82, 2.24) is 10.3 Å². The van der Waals surface area contributed by atoms with Crippen molar-refractivity contribution in [2.45, 2.75) is 26.3 Å². The molecule has 0 unspecified atom stereocenters. The van der Waals surface area contributed by atoms with E-state index in [1.54, 1.807) is 0 Å². The molecule has 0 radical (unpaired) electrons. The van der Waals surface area contributed by atoms with E-state index in [-0.39, 0.29) is 0 Å². The highest BCUT2D eigenvalue weighted by molar-refractivity contribution is 9.10. The van der Waals surface area contributed by atoms with Crippen LogP contribution in [0.2, 0.25) is 0 Å². The highest BCUT2D eigenvalue weighted by Gasteiger charge is 2.09. The Morgan fingerprint density at radius 2 is 2.00 bits per heavy atom. The van der Waals surface area contributed by atoms with Crippen molar-refractivity contribution in [2.24, 2.45) is 0 Å². The van der Waals surface area contributed by atoms with Crippen LogP contribution >= 0.6 is 15.9 Å². The van der Waals surface area contributed by atoms with Crippen LogP contribution < -0.4 is 10.1 Å². The van der Waals surface area contributed by atoms with E-state index < -0.39 is 0 Å². The van der Waals surface area contributed by atoms with Gasteiger partial charge >= 0.3 is 0 Å². The fourth-order valence-electron chi connectivity index (χ4n) is 1.88. The van der Waals surface area contributed by atoms with Crippen LogP contribution in [0.25, 0.3) is 0 Å². The number of para-hydroxylation sites is 1. The molecule has 0 aliphatic carbocycles. The molecule has 0 fully saturated rings. The zero-order valence-electron chi connectivity index (χ0n) is 12.0. The van der Waals surface area contributed by atoms with Crippen molar-refractivity contribution in [3.05, 3.63) is 52.1 Å². The summed E-state index contributed by atoms with van der Waals surface area (Å²) in [4.78, 5) is 4.58. The quantitative estimate of drug-likeness (QED) is 0.875. The molecule has 1 N–H and O–H groups in total. The minimum Gasteiger partial charge on any atom is -0.438 e. The Labute approximate surface area is 128 Å². The van der Waals surface area contributed by atoms with Gasteiger partial charge in [-0.2, -0.15) is 0 Å². The van der Waals surface area contributed by atoms with Crippen LogP contribution in [0.1, 0.15) is 31.0 Å². The fraction of sp³-hybridized carbons (Fsp3) is 0.312. The molecule has 0 saturated heterocycles. The predicted octanol–water partition coefficient (Wildman–Crippen LogP) is 4.48. The lowest BCUT2D eigenvalue weighted by Gasteiger charge is -2.12. The molecule has 1 heterocycles. The van der Waals surface area contributed by atoms with Gasteiger partial charge in [-0.3, -0.25) is 0 Å². The predicted molar refractivity (Wildman–Crippen MR) is 85.3 cm³/mol. The SMILES string of the molecule is CNCc1cc(Oc2ccccc2Br)nc(C(C)C)c1. The van der Waals surface area contributed by atoms with E-state index in [1.807, 2.05) is 37.4 Å². The summed E-state index contributed by atoms with van der Waals surface area (Å²) in [5.74, 6) is 1.78. The lowest BCUT2D eigenvalue weighted by atomic mass is 10.1. The van der Waals surface area contributed by atoms with E-state index in [2.05, 4.69) is 46.1 Å². The van der Waals surface area contributed by atoms with Crippen molar-refractivity contribution in [3.8, 4) is 11.6 Å². The second kappa shape index (κ2) is 6.86. The molecule has 20 heavy (non-hydrogen) atoms. The second-order valence-corrected chi connectivity index (χ2v) is 5.81. The Bertz CT molecular complexity index is 584. The molecule has 0 amide bonds. The Morgan fingerprint density at radius 1 is 1.25 bits per heavy atom. The maximum absolute atomic E-state index is 5.90. The second-order valence-electron chi connectivity index (χ2n) is 4.96. The molecule has 106 valence electrons. The van der Waals surface area contributed by atoms with Crippen LogP contribution in [0.3, 0.4) is 0 Å². The van der Waals surface area contributed by atoms with Crippen molar-refractivity contribution < 1.29 is 4.74 Å². The molecule has 2 rings (SSSR count). The Balaban J connectivity index is 2.33. The Hall–Kier alpha value is -1.39. The smallest absolute Gasteiger partial charge is 0.219 e. The number of hydrogen-bond acceptors (Lipinski definition) is 3. The van der Waals surface area contributed by atoms with E-state index in [0.29, 0.717) is 11.8 Å². The van der Waals surface area contributed by atoms with Gasteiger partial charge in [-0.25, -0.2) is 4.98 Å². The molecule has 3 nitrogen and oxygen atoms in total. The Morgan fingerprint density at radius 3 is 2.65 bits per heavy atom. The van der Waals surface area contributed by atoms with Crippen LogP contribution in [0, 0.1) is 0 Å². The van der Waals surface area contributed by atoms with Gasteiger partial charge in [0.2, 0.25) is 5.88 Å². The highest BCUT2D eigenvalue weighted by Crippen LogP contribution is 2.29. The molecule has 1 aromatic heterocycles. The van der Waals surface area contributed by atoms with Crippen LogP contribution in [-0.2, 0) is 6.54 Å². The van der Waals surface area contributed by atoms with Gasteiger partial charge in [0, 0.05) is 18.3 Å². The van der Waals surface area contributed by atoms with Crippen LogP contribution in [0.4, 0.5) is 0 Å². The number of halogens is 1. The van der Waals surface area contributed by atoms with Gasteiger partial charge in [0.15, 0.2) is 0 Å². The molecule has 0 saturated carbocycles. The first-order valence-electron chi connectivity index (χ1n) is 6.68. The number of benzene rings is 1. The molecule has 0 bridgehead atoms. The normalized spacial score (nSPS) is 10.8. The summed E-state index contributed by atoms with van der Waals surface area (Å²) in [6, 6.07) is 11.9. The van der Waals surface area contributed by atoms with Crippen molar-refractivity contribution in [3.63, 3.8) is 0 Å².